The van der Waals surface area contributed by atoms with Gasteiger partial charge in [-0.25, -0.2) is 0 Å². The third-order valence-corrected chi connectivity index (χ3v) is 8.65. The van der Waals surface area contributed by atoms with E-state index < -0.39 is 6.29 Å². The average molecular weight is 569 g/mol. The maximum Gasteiger partial charge on any atom is 0.200 e. The molecule has 0 aromatic heterocycles. The number of para-hydroxylation sites is 1. The molecule has 1 aliphatic carbocycles. The van der Waals surface area contributed by atoms with Gasteiger partial charge in [0.1, 0.15) is 18.1 Å². The van der Waals surface area contributed by atoms with Crippen molar-refractivity contribution in [2.45, 2.75) is 51.2 Å². The van der Waals surface area contributed by atoms with Crippen LogP contribution in [0, 0.1) is 0 Å². The lowest BCUT2D eigenvalue weighted by Crippen LogP contribution is -2.32. The van der Waals surface area contributed by atoms with Crippen LogP contribution in [0.3, 0.4) is 0 Å². The maximum atomic E-state index is 6.58. The van der Waals surface area contributed by atoms with E-state index in [0.717, 1.165) is 59.4 Å². The molecule has 3 heteroatoms. The average Bonchev–Trinajstić information content (AvgIpc) is 3.40. The number of fused-ring (bicyclic) bond motifs is 1. The van der Waals surface area contributed by atoms with Crippen molar-refractivity contribution in [1.29, 1.82) is 0 Å². The molecule has 0 saturated carbocycles. The molecule has 218 valence electrons. The fourth-order valence-electron chi connectivity index (χ4n) is 6.25. The minimum absolute atomic E-state index is 0.00807. The van der Waals surface area contributed by atoms with Crippen LogP contribution >= 0.6 is 0 Å². The Balaban J connectivity index is 1.21. The van der Waals surface area contributed by atoms with Crippen molar-refractivity contribution in [2.75, 3.05) is 13.2 Å². The molecule has 0 radical (unpaired) electrons. The van der Waals surface area contributed by atoms with Crippen molar-refractivity contribution in [3.05, 3.63) is 144 Å². The zero-order valence-electron chi connectivity index (χ0n) is 25.2. The highest BCUT2D eigenvalue weighted by atomic mass is 16.7. The molecule has 6 rings (SSSR count). The second-order valence-corrected chi connectivity index (χ2v) is 11.6. The van der Waals surface area contributed by atoms with Crippen LogP contribution in [0.25, 0.3) is 22.3 Å². The molecule has 0 heterocycles. The molecule has 43 heavy (non-hydrogen) atoms. The van der Waals surface area contributed by atoms with Gasteiger partial charge in [-0.2, -0.15) is 0 Å². The van der Waals surface area contributed by atoms with Gasteiger partial charge in [0.2, 0.25) is 6.29 Å². The minimum atomic E-state index is -0.398. The van der Waals surface area contributed by atoms with Crippen LogP contribution in [0.2, 0.25) is 0 Å². The quantitative estimate of drug-likeness (QED) is 0.111. The van der Waals surface area contributed by atoms with Crippen LogP contribution in [0.4, 0.5) is 0 Å². The van der Waals surface area contributed by atoms with E-state index >= 15 is 0 Å². The monoisotopic (exact) mass is 568 g/mol. The van der Waals surface area contributed by atoms with E-state index in [4.69, 9.17) is 14.2 Å². The van der Waals surface area contributed by atoms with Crippen LogP contribution in [0.15, 0.2) is 127 Å². The first-order valence-corrected chi connectivity index (χ1v) is 15.5. The SMILES string of the molecule is CCc1ccc(OC(CC2(C)CCc3ccccc32)OCCOc2c(-c3ccccc3)cccc2-c2ccccc2)cc1. The number of benzene rings is 5. The Morgan fingerprint density at radius 3 is 1.95 bits per heavy atom. The Kier molecular flexibility index (Phi) is 8.91. The van der Waals surface area contributed by atoms with Gasteiger partial charge in [0.25, 0.3) is 0 Å². The van der Waals surface area contributed by atoms with Crippen molar-refractivity contribution in [2.24, 2.45) is 0 Å². The summed E-state index contributed by atoms with van der Waals surface area (Å²) in [6, 6.07) is 44.4. The van der Waals surface area contributed by atoms with Gasteiger partial charge in [0.15, 0.2) is 0 Å². The van der Waals surface area contributed by atoms with Crippen molar-refractivity contribution < 1.29 is 14.2 Å². The second-order valence-electron chi connectivity index (χ2n) is 11.6. The zero-order chi connectivity index (χ0) is 29.5. The van der Waals surface area contributed by atoms with Crippen molar-refractivity contribution in [3.8, 4) is 33.8 Å². The first-order chi connectivity index (χ1) is 21.1. The molecule has 0 aliphatic heterocycles. The predicted octanol–water partition coefficient (Wildman–Crippen LogP) is 9.68. The molecule has 2 atom stereocenters. The van der Waals surface area contributed by atoms with Gasteiger partial charge in [0, 0.05) is 17.5 Å². The standard InChI is InChI=1S/C40H40O3/c1-3-30-21-23-34(24-22-30)43-38(29-40(2)26-25-33-17-10-11-20-37(33)40)41-27-28-42-39-35(31-13-6-4-7-14-31)18-12-19-36(39)32-15-8-5-9-16-32/h4-24,38H,3,25-29H2,1-2H3. The Morgan fingerprint density at radius 1 is 0.674 bits per heavy atom. The molecule has 0 bridgehead atoms. The van der Waals surface area contributed by atoms with E-state index in [0.29, 0.717) is 13.2 Å². The Labute approximate surface area is 256 Å². The summed E-state index contributed by atoms with van der Waals surface area (Å²) in [5, 5.41) is 0. The molecule has 5 aromatic rings. The van der Waals surface area contributed by atoms with Gasteiger partial charge in [-0.15, -0.1) is 0 Å². The van der Waals surface area contributed by atoms with E-state index in [1.54, 1.807) is 0 Å². The molecule has 3 nitrogen and oxygen atoms in total. The normalized spacial score (nSPS) is 16.4. The lowest BCUT2D eigenvalue weighted by atomic mass is 9.80. The fraction of sp³-hybridized carbons (Fsp3) is 0.250. The molecule has 5 aromatic carbocycles. The summed E-state index contributed by atoms with van der Waals surface area (Å²) >= 11 is 0. The van der Waals surface area contributed by atoms with Gasteiger partial charge in [0.05, 0.1) is 6.61 Å². The van der Waals surface area contributed by atoms with Crippen LogP contribution in [0.1, 0.15) is 43.4 Å². The summed E-state index contributed by atoms with van der Waals surface area (Å²) in [5.74, 6) is 1.70. The molecular weight excluding hydrogens is 528 g/mol. The first-order valence-electron chi connectivity index (χ1n) is 15.5. The lowest BCUT2D eigenvalue weighted by molar-refractivity contribution is -0.101. The number of hydrogen-bond acceptors (Lipinski definition) is 3. The molecule has 0 fully saturated rings. The van der Waals surface area contributed by atoms with Gasteiger partial charge in [-0.05, 0) is 64.6 Å². The van der Waals surface area contributed by atoms with E-state index in [-0.39, 0.29) is 5.41 Å². The highest BCUT2D eigenvalue weighted by Crippen LogP contribution is 2.43. The summed E-state index contributed by atoms with van der Waals surface area (Å²) < 4.78 is 19.6. The highest BCUT2D eigenvalue weighted by Gasteiger charge is 2.37. The van der Waals surface area contributed by atoms with Crippen LogP contribution in [-0.2, 0) is 23.0 Å². The fourth-order valence-corrected chi connectivity index (χ4v) is 6.25. The topological polar surface area (TPSA) is 27.7 Å². The van der Waals surface area contributed by atoms with Gasteiger partial charge < -0.3 is 14.2 Å². The van der Waals surface area contributed by atoms with Crippen molar-refractivity contribution >= 4 is 0 Å². The Morgan fingerprint density at radius 2 is 1.30 bits per heavy atom. The first kappa shape index (κ1) is 28.8. The third kappa shape index (κ3) is 6.68. The van der Waals surface area contributed by atoms with Gasteiger partial charge in [-0.1, -0.05) is 129 Å². The largest absolute Gasteiger partial charge is 0.490 e. The number of rotatable bonds is 12. The smallest absolute Gasteiger partial charge is 0.200 e. The number of aryl methyl sites for hydroxylation is 2. The lowest BCUT2D eigenvalue weighted by Gasteiger charge is -2.31. The van der Waals surface area contributed by atoms with Crippen LogP contribution in [0.5, 0.6) is 11.5 Å². The summed E-state index contributed by atoms with van der Waals surface area (Å²) in [6.07, 6.45) is 3.56. The van der Waals surface area contributed by atoms with E-state index in [1.807, 2.05) is 12.1 Å². The molecule has 0 amide bonds. The minimum Gasteiger partial charge on any atom is -0.490 e. The Bertz CT molecular complexity index is 1550. The van der Waals surface area contributed by atoms with Crippen molar-refractivity contribution in [1.82, 2.24) is 0 Å². The summed E-state index contributed by atoms with van der Waals surface area (Å²) in [6.45, 7) is 5.33. The summed E-state index contributed by atoms with van der Waals surface area (Å²) in [7, 11) is 0. The van der Waals surface area contributed by atoms with E-state index in [2.05, 4.69) is 129 Å². The third-order valence-electron chi connectivity index (χ3n) is 8.65. The van der Waals surface area contributed by atoms with Crippen molar-refractivity contribution in [3.63, 3.8) is 0 Å². The van der Waals surface area contributed by atoms with E-state index in [1.165, 1.54) is 16.7 Å². The van der Waals surface area contributed by atoms with Crippen LogP contribution < -0.4 is 9.47 Å². The molecule has 0 spiro atoms. The summed E-state index contributed by atoms with van der Waals surface area (Å²) in [5.41, 5.74) is 8.52. The number of hydrogen-bond donors (Lipinski definition) is 0. The molecule has 2 unspecified atom stereocenters. The van der Waals surface area contributed by atoms with Gasteiger partial charge >= 0.3 is 0 Å². The van der Waals surface area contributed by atoms with Gasteiger partial charge in [-0.3, -0.25) is 0 Å². The molecule has 1 aliphatic rings. The molecule has 0 N–H and O–H groups in total. The predicted molar refractivity (Wildman–Crippen MR) is 176 cm³/mol. The number of ether oxygens (including phenoxy) is 3. The molecule has 0 saturated heterocycles. The molecular formula is C40H40O3. The second kappa shape index (κ2) is 13.3. The van der Waals surface area contributed by atoms with E-state index in [9.17, 15) is 0 Å². The summed E-state index contributed by atoms with van der Waals surface area (Å²) in [4.78, 5) is 0. The maximum absolute atomic E-state index is 6.58. The highest BCUT2D eigenvalue weighted by molar-refractivity contribution is 5.82. The zero-order valence-corrected chi connectivity index (χ0v) is 25.2. The van der Waals surface area contributed by atoms with Crippen LogP contribution in [-0.4, -0.2) is 19.5 Å². The Hall–Kier alpha value is -4.34.